The third-order valence-corrected chi connectivity index (χ3v) is 8.34. The van der Waals surface area contributed by atoms with E-state index in [1.807, 2.05) is 13.0 Å². The van der Waals surface area contributed by atoms with Gasteiger partial charge in [0.1, 0.15) is 0 Å². The van der Waals surface area contributed by atoms with Crippen molar-refractivity contribution < 1.29 is 17.4 Å². The summed E-state index contributed by atoms with van der Waals surface area (Å²) in [4.78, 5) is 9.37. The number of piperidine rings is 1. The lowest BCUT2D eigenvalue weighted by Crippen LogP contribution is -2.35. The summed E-state index contributed by atoms with van der Waals surface area (Å²) in [5.41, 5.74) is 1.56. The van der Waals surface area contributed by atoms with Crippen molar-refractivity contribution in [3.05, 3.63) is 42.5 Å². The first-order chi connectivity index (χ1) is 15.6. The Hall–Kier alpha value is -2.63. The molecule has 3 aromatic heterocycles. The number of aromatic nitrogens is 4. The molecule has 32 heavy (non-hydrogen) atoms. The number of aryl methyl sites for hydroxylation is 1. The molecule has 0 spiro atoms. The van der Waals surface area contributed by atoms with Gasteiger partial charge in [0.05, 0.1) is 27.9 Å². The highest BCUT2D eigenvalue weighted by molar-refractivity contribution is 7.98. The molecule has 0 unspecified atom stereocenters. The van der Waals surface area contributed by atoms with Crippen molar-refractivity contribution in [3.63, 3.8) is 0 Å². The smallest absolute Gasteiger partial charge is 0.243 e. The summed E-state index contributed by atoms with van der Waals surface area (Å²) in [7, 11) is -3.50. The van der Waals surface area contributed by atoms with Crippen LogP contribution in [0, 0.1) is 0 Å². The molecular formula is C21H23N5O4S2. The van der Waals surface area contributed by atoms with E-state index in [0.29, 0.717) is 53.3 Å². The average molecular weight is 474 g/mol. The van der Waals surface area contributed by atoms with Gasteiger partial charge in [0, 0.05) is 19.6 Å². The Morgan fingerprint density at radius 2 is 1.97 bits per heavy atom. The lowest BCUT2D eigenvalue weighted by Gasteiger charge is -2.25. The Kier molecular flexibility index (Phi) is 5.78. The van der Waals surface area contributed by atoms with Gasteiger partial charge in [-0.1, -0.05) is 23.3 Å². The van der Waals surface area contributed by atoms with Crippen molar-refractivity contribution in [2.45, 2.75) is 48.5 Å². The highest BCUT2D eigenvalue weighted by atomic mass is 32.2. The Labute approximate surface area is 189 Å². The minimum atomic E-state index is -3.50. The molecule has 4 aromatic rings. The lowest BCUT2D eigenvalue weighted by atomic mass is 10.2. The fourth-order valence-electron chi connectivity index (χ4n) is 3.86. The lowest BCUT2D eigenvalue weighted by molar-refractivity contribution is 0.346. The van der Waals surface area contributed by atoms with Crippen molar-refractivity contribution >= 4 is 32.8 Å². The molecule has 0 saturated carbocycles. The zero-order valence-corrected chi connectivity index (χ0v) is 19.2. The van der Waals surface area contributed by atoms with Crippen molar-refractivity contribution in [2.24, 2.45) is 0 Å². The van der Waals surface area contributed by atoms with Crippen LogP contribution >= 0.6 is 11.8 Å². The van der Waals surface area contributed by atoms with E-state index in [4.69, 9.17) is 13.9 Å². The molecule has 0 amide bonds. The second-order valence-electron chi connectivity index (χ2n) is 7.53. The summed E-state index contributed by atoms with van der Waals surface area (Å²) < 4.78 is 40.4. The number of rotatable bonds is 7. The van der Waals surface area contributed by atoms with Crippen LogP contribution in [0.4, 0.5) is 0 Å². The third kappa shape index (κ3) is 3.96. The molecule has 9 nitrogen and oxygen atoms in total. The number of hydrogen-bond acceptors (Lipinski definition) is 8. The van der Waals surface area contributed by atoms with Crippen LogP contribution in [0.5, 0.6) is 0 Å². The average Bonchev–Trinajstić information content (AvgIpc) is 3.57. The van der Waals surface area contributed by atoms with Crippen LogP contribution in [0.1, 0.15) is 32.1 Å². The number of benzene rings is 1. The maximum atomic E-state index is 13.1. The van der Waals surface area contributed by atoms with Crippen LogP contribution in [-0.2, 0) is 22.3 Å². The first-order valence-corrected chi connectivity index (χ1v) is 13.0. The van der Waals surface area contributed by atoms with E-state index in [-0.39, 0.29) is 0 Å². The van der Waals surface area contributed by atoms with Crippen LogP contribution < -0.4 is 0 Å². The minimum absolute atomic E-state index is 0.296. The molecule has 5 rings (SSSR count). The first-order valence-electron chi connectivity index (χ1n) is 10.6. The fourth-order valence-corrected chi connectivity index (χ4v) is 6.32. The zero-order chi connectivity index (χ0) is 22.1. The molecular weight excluding hydrogens is 450 g/mol. The van der Waals surface area contributed by atoms with Crippen LogP contribution in [0.2, 0.25) is 0 Å². The standard InChI is InChI=1S/C21H23N5O4S2/c1-2-26-17-9-8-15(32(27,28)25-10-4-3-5-11-25)13-16(17)22-21(26)31-14-19-23-20(24-30-19)18-7-6-12-29-18/h6-9,12-13H,2-5,10-11,14H2,1H3. The van der Waals surface area contributed by atoms with Gasteiger partial charge in [-0.2, -0.15) is 9.29 Å². The zero-order valence-electron chi connectivity index (χ0n) is 17.6. The van der Waals surface area contributed by atoms with Crippen molar-refractivity contribution in [1.82, 2.24) is 24.0 Å². The molecule has 1 fully saturated rings. The van der Waals surface area contributed by atoms with E-state index >= 15 is 0 Å². The largest absolute Gasteiger partial charge is 0.461 e. The second kappa shape index (κ2) is 8.72. The van der Waals surface area contributed by atoms with Gasteiger partial charge in [-0.25, -0.2) is 13.4 Å². The number of fused-ring (bicyclic) bond motifs is 1. The van der Waals surface area contributed by atoms with Crippen molar-refractivity contribution in [2.75, 3.05) is 13.1 Å². The maximum absolute atomic E-state index is 13.1. The Morgan fingerprint density at radius 3 is 2.72 bits per heavy atom. The summed E-state index contributed by atoms with van der Waals surface area (Å²) in [5.74, 6) is 1.86. The summed E-state index contributed by atoms with van der Waals surface area (Å²) >= 11 is 1.47. The molecule has 0 bridgehead atoms. The van der Waals surface area contributed by atoms with Crippen LogP contribution in [-0.4, -0.2) is 45.5 Å². The molecule has 4 heterocycles. The van der Waals surface area contributed by atoms with Gasteiger partial charge >= 0.3 is 0 Å². The number of sulfonamides is 1. The van der Waals surface area contributed by atoms with E-state index in [1.165, 1.54) is 11.8 Å². The molecule has 0 atom stereocenters. The van der Waals surface area contributed by atoms with Gasteiger partial charge in [-0.05, 0) is 50.1 Å². The number of imidazole rings is 1. The predicted octanol–water partition coefficient (Wildman–Crippen LogP) is 4.17. The quantitative estimate of drug-likeness (QED) is 0.368. The molecule has 0 radical (unpaired) electrons. The number of thioether (sulfide) groups is 1. The molecule has 1 saturated heterocycles. The minimum Gasteiger partial charge on any atom is -0.461 e. The molecule has 0 aliphatic carbocycles. The van der Waals surface area contributed by atoms with Crippen molar-refractivity contribution in [1.29, 1.82) is 0 Å². The van der Waals surface area contributed by atoms with E-state index < -0.39 is 10.0 Å². The topological polar surface area (TPSA) is 107 Å². The third-order valence-electron chi connectivity index (χ3n) is 5.49. The monoisotopic (exact) mass is 473 g/mol. The highest BCUT2D eigenvalue weighted by Gasteiger charge is 2.26. The van der Waals surface area contributed by atoms with Crippen LogP contribution in [0.3, 0.4) is 0 Å². The summed E-state index contributed by atoms with van der Waals surface area (Å²) in [6.45, 7) is 3.90. The fraction of sp³-hybridized carbons (Fsp3) is 0.381. The van der Waals surface area contributed by atoms with Crippen LogP contribution in [0.25, 0.3) is 22.6 Å². The Morgan fingerprint density at radius 1 is 1.12 bits per heavy atom. The molecule has 1 aliphatic rings. The van der Waals surface area contributed by atoms with Gasteiger partial charge in [0.25, 0.3) is 0 Å². The van der Waals surface area contributed by atoms with Crippen LogP contribution in [0.15, 0.2) is 55.6 Å². The van der Waals surface area contributed by atoms with E-state index in [0.717, 1.165) is 29.9 Å². The SMILES string of the molecule is CCn1c(SCc2nc(-c3ccco3)no2)nc2cc(S(=O)(=O)N3CCCCC3)ccc21. The van der Waals surface area contributed by atoms with Gasteiger partial charge in [-0.15, -0.1) is 0 Å². The molecule has 168 valence electrons. The molecule has 1 aliphatic heterocycles. The maximum Gasteiger partial charge on any atom is 0.243 e. The molecule has 0 N–H and O–H groups in total. The van der Waals surface area contributed by atoms with Gasteiger partial charge in [0.15, 0.2) is 10.9 Å². The summed E-state index contributed by atoms with van der Waals surface area (Å²) in [6.07, 6.45) is 4.45. The first kappa shape index (κ1) is 21.2. The molecule has 1 aromatic carbocycles. The number of nitrogens with zero attached hydrogens (tertiary/aromatic N) is 5. The van der Waals surface area contributed by atoms with Gasteiger partial charge in [0.2, 0.25) is 21.7 Å². The highest BCUT2D eigenvalue weighted by Crippen LogP contribution is 2.30. The summed E-state index contributed by atoms with van der Waals surface area (Å²) in [6, 6.07) is 8.74. The predicted molar refractivity (Wildman–Crippen MR) is 120 cm³/mol. The van der Waals surface area contributed by atoms with E-state index in [9.17, 15) is 8.42 Å². The van der Waals surface area contributed by atoms with Gasteiger partial charge in [-0.3, -0.25) is 0 Å². The Balaban J connectivity index is 1.39. The number of furan rings is 1. The Bertz CT molecular complexity index is 1320. The second-order valence-corrected chi connectivity index (χ2v) is 10.4. The molecule has 11 heteroatoms. The normalized spacial score (nSPS) is 15.5. The summed E-state index contributed by atoms with van der Waals surface area (Å²) in [5, 5.41) is 4.72. The van der Waals surface area contributed by atoms with E-state index in [2.05, 4.69) is 14.7 Å². The van der Waals surface area contributed by atoms with Crippen molar-refractivity contribution in [3.8, 4) is 11.6 Å². The van der Waals surface area contributed by atoms with Gasteiger partial charge < -0.3 is 13.5 Å². The number of hydrogen-bond donors (Lipinski definition) is 0. The van der Waals surface area contributed by atoms with E-state index in [1.54, 1.807) is 34.8 Å².